The van der Waals surface area contributed by atoms with Crippen LogP contribution in [0.3, 0.4) is 0 Å². The number of carbonyl (C=O) groups excluding carboxylic acids is 1. The fraction of sp³-hybridized carbons (Fsp3) is 0.556. The summed E-state index contributed by atoms with van der Waals surface area (Å²) in [5.74, 6) is 0.0768. The van der Waals surface area contributed by atoms with Crippen LogP contribution in [-0.4, -0.2) is 36.6 Å². The predicted molar refractivity (Wildman–Crippen MR) is 99.1 cm³/mol. The molecule has 4 N–H and O–H groups in total. The van der Waals surface area contributed by atoms with E-state index in [1.165, 1.54) is 24.3 Å². The third-order valence-corrected chi connectivity index (χ3v) is 3.71. The van der Waals surface area contributed by atoms with Gasteiger partial charge in [0, 0.05) is 5.69 Å². The highest BCUT2D eigenvalue weighted by Crippen LogP contribution is 2.33. The van der Waals surface area contributed by atoms with Crippen LogP contribution in [-0.2, 0) is 4.74 Å². The zero-order valence-electron chi connectivity index (χ0n) is 16.0. The lowest BCUT2D eigenvalue weighted by atomic mass is 10.2. The number of hydrogen-bond donors (Lipinski definition) is 3. The number of ether oxygens (including phenoxy) is 2. The Bertz CT molecular complexity index is 696. The molecule has 0 saturated heterocycles. The molecule has 0 spiro atoms. The van der Waals surface area contributed by atoms with Crippen LogP contribution in [0.15, 0.2) is 29.3 Å². The van der Waals surface area contributed by atoms with Crippen molar-refractivity contribution >= 4 is 17.7 Å². The molecule has 1 aromatic rings. The van der Waals surface area contributed by atoms with Crippen molar-refractivity contribution < 1.29 is 27.4 Å². The minimum absolute atomic E-state index is 0.0844. The lowest BCUT2D eigenvalue weighted by Gasteiger charge is -2.23. The molecule has 1 atom stereocenters. The summed E-state index contributed by atoms with van der Waals surface area (Å²) in [4.78, 5) is 16.2. The van der Waals surface area contributed by atoms with Crippen molar-refractivity contribution in [2.45, 2.75) is 51.6 Å². The molecule has 2 rings (SSSR count). The van der Waals surface area contributed by atoms with Crippen molar-refractivity contribution in [2.75, 3.05) is 11.9 Å². The van der Waals surface area contributed by atoms with Gasteiger partial charge in [0.15, 0.2) is 5.96 Å². The van der Waals surface area contributed by atoms with Gasteiger partial charge in [-0.3, -0.25) is 4.99 Å². The lowest BCUT2D eigenvalue weighted by molar-refractivity contribution is -0.274. The van der Waals surface area contributed by atoms with Gasteiger partial charge in [-0.2, -0.15) is 0 Å². The second-order valence-electron chi connectivity index (χ2n) is 7.51. The van der Waals surface area contributed by atoms with Gasteiger partial charge in [0.2, 0.25) is 0 Å². The van der Waals surface area contributed by atoms with Gasteiger partial charge in [-0.25, -0.2) is 4.79 Å². The summed E-state index contributed by atoms with van der Waals surface area (Å²) in [6.45, 7) is 5.61. The van der Waals surface area contributed by atoms with E-state index < -0.39 is 18.1 Å². The smallest absolute Gasteiger partial charge is 0.444 e. The maximum absolute atomic E-state index is 12.2. The largest absolute Gasteiger partial charge is 0.573 e. The summed E-state index contributed by atoms with van der Waals surface area (Å²) in [6, 6.07) is 4.92. The first-order chi connectivity index (χ1) is 12.9. The van der Waals surface area contributed by atoms with Crippen molar-refractivity contribution in [3.63, 3.8) is 0 Å². The molecule has 1 aliphatic rings. The normalized spacial score (nSPS) is 16.3. The van der Waals surface area contributed by atoms with E-state index in [9.17, 15) is 18.0 Å². The second kappa shape index (κ2) is 8.57. The van der Waals surface area contributed by atoms with Crippen LogP contribution in [0.4, 0.5) is 23.7 Å². The van der Waals surface area contributed by atoms with E-state index in [2.05, 4.69) is 20.4 Å². The van der Waals surface area contributed by atoms with Crippen molar-refractivity contribution in [1.29, 1.82) is 0 Å². The van der Waals surface area contributed by atoms with Crippen molar-refractivity contribution in [3.05, 3.63) is 24.3 Å². The highest BCUT2D eigenvalue weighted by Gasteiger charge is 2.33. The van der Waals surface area contributed by atoms with Gasteiger partial charge in [-0.05, 0) is 63.8 Å². The molecule has 0 aromatic heterocycles. The fourth-order valence-electron chi connectivity index (χ4n) is 2.39. The third-order valence-electron chi connectivity index (χ3n) is 3.71. The highest BCUT2D eigenvalue weighted by molar-refractivity contribution is 5.92. The summed E-state index contributed by atoms with van der Waals surface area (Å²) in [7, 11) is 0. The quantitative estimate of drug-likeness (QED) is 0.499. The van der Waals surface area contributed by atoms with Gasteiger partial charge in [0.1, 0.15) is 11.4 Å². The molecule has 1 amide bonds. The Balaban J connectivity index is 1.88. The first-order valence-electron chi connectivity index (χ1n) is 8.83. The molecule has 1 fully saturated rings. The lowest BCUT2D eigenvalue weighted by Crippen LogP contribution is -2.42. The van der Waals surface area contributed by atoms with E-state index >= 15 is 0 Å². The van der Waals surface area contributed by atoms with Crippen molar-refractivity contribution in [3.8, 4) is 5.75 Å². The van der Waals surface area contributed by atoms with Gasteiger partial charge in [0.05, 0.1) is 12.6 Å². The zero-order valence-corrected chi connectivity index (χ0v) is 16.0. The molecule has 1 aliphatic carbocycles. The summed E-state index contributed by atoms with van der Waals surface area (Å²) < 4.78 is 45.6. The molecule has 1 aromatic carbocycles. The molecule has 156 valence electrons. The predicted octanol–water partition coefficient (Wildman–Crippen LogP) is 3.62. The molecule has 1 saturated carbocycles. The Morgan fingerprint density at radius 1 is 1.25 bits per heavy atom. The molecule has 28 heavy (non-hydrogen) atoms. The van der Waals surface area contributed by atoms with Gasteiger partial charge < -0.3 is 25.8 Å². The number of amides is 1. The van der Waals surface area contributed by atoms with E-state index in [1.54, 1.807) is 20.8 Å². The van der Waals surface area contributed by atoms with Crippen LogP contribution >= 0.6 is 0 Å². The molecular formula is C18H25F3N4O3. The van der Waals surface area contributed by atoms with Gasteiger partial charge >= 0.3 is 12.5 Å². The minimum atomic E-state index is -4.74. The summed E-state index contributed by atoms with van der Waals surface area (Å²) >= 11 is 0. The standard InChI is InChI=1S/C18H25F3N4O3/c1-17(2,3)28-16(26)25-14(11-4-5-11)10-23-15(22)24-12-6-8-13(9-7-12)27-18(19,20)21/h6-9,11,14H,4-5,10H2,1-3H3,(H,25,26)(H3,22,23,24). The van der Waals surface area contributed by atoms with Crippen LogP contribution < -0.4 is 21.1 Å². The molecule has 10 heteroatoms. The molecular weight excluding hydrogens is 377 g/mol. The first kappa shape index (κ1) is 21.6. The zero-order chi connectivity index (χ0) is 20.9. The Hall–Kier alpha value is -2.65. The van der Waals surface area contributed by atoms with Crippen LogP contribution in [0.5, 0.6) is 5.75 Å². The Labute approximate surface area is 161 Å². The molecule has 7 nitrogen and oxygen atoms in total. The molecule has 0 aliphatic heterocycles. The van der Waals surface area contributed by atoms with Crippen LogP contribution in [0.1, 0.15) is 33.6 Å². The van der Waals surface area contributed by atoms with E-state index in [4.69, 9.17) is 10.5 Å². The maximum Gasteiger partial charge on any atom is 0.573 e. The number of anilines is 1. The molecule has 0 heterocycles. The SMILES string of the molecule is CC(C)(C)OC(=O)NC(CN=C(N)Nc1ccc(OC(F)(F)F)cc1)C1CC1. The monoisotopic (exact) mass is 402 g/mol. The molecule has 1 unspecified atom stereocenters. The number of guanidine groups is 1. The van der Waals surface area contributed by atoms with E-state index in [0.29, 0.717) is 11.6 Å². The van der Waals surface area contributed by atoms with E-state index in [0.717, 1.165) is 12.8 Å². The van der Waals surface area contributed by atoms with E-state index in [-0.39, 0.29) is 24.3 Å². The number of carbonyl (C=O) groups is 1. The average molecular weight is 402 g/mol. The fourth-order valence-corrected chi connectivity index (χ4v) is 2.39. The number of benzene rings is 1. The van der Waals surface area contributed by atoms with Crippen molar-refractivity contribution in [2.24, 2.45) is 16.6 Å². The number of alkyl carbamates (subject to hydrolysis) is 1. The summed E-state index contributed by atoms with van der Waals surface area (Å²) in [5.41, 5.74) is 5.69. The molecule has 0 bridgehead atoms. The minimum Gasteiger partial charge on any atom is -0.444 e. The number of nitrogens with two attached hydrogens (primary N) is 1. The van der Waals surface area contributed by atoms with Crippen molar-refractivity contribution in [1.82, 2.24) is 5.32 Å². The maximum atomic E-state index is 12.2. The van der Waals surface area contributed by atoms with Crippen LogP contribution in [0, 0.1) is 5.92 Å². The number of alkyl halides is 3. The Morgan fingerprint density at radius 2 is 1.86 bits per heavy atom. The number of rotatable bonds is 6. The second-order valence-corrected chi connectivity index (χ2v) is 7.51. The van der Waals surface area contributed by atoms with Crippen LogP contribution in [0.25, 0.3) is 0 Å². The molecule has 0 radical (unpaired) electrons. The number of nitrogens with zero attached hydrogens (tertiary/aromatic N) is 1. The Kier molecular flexibility index (Phi) is 6.63. The number of halogens is 3. The highest BCUT2D eigenvalue weighted by atomic mass is 19.4. The van der Waals surface area contributed by atoms with Gasteiger partial charge in [-0.15, -0.1) is 13.2 Å². The number of aliphatic imine (C=N–C) groups is 1. The number of hydrogen-bond acceptors (Lipinski definition) is 4. The first-order valence-corrected chi connectivity index (χ1v) is 8.83. The summed E-state index contributed by atoms with van der Waals surface area (Å²) in [6.07, 6.45) is -3.27. The van der Waals surface area contributed by atoms with Crippen LogP contribution in [0.2, 0.25) is 0 Å². The third kappa shape index (κ3) is 8.36. The van der Waals surface area contributed by atoms with Gasteiger partial charge in [0.25, 0.3) is 0 Å². The van der Waals surface area contributed by atoms with E-state index in [1.807, 2.05) is 0 Å². The number of nitrogens with one attached hydrogen (secondary N) is 2. The topological polar surface area (TPSA) is 98.0 Å². The van der Waals surface area contributed by atoms with Gasteiger partial charge in [-0.1, -0.05) is 0 Å². The summed E-state index contributed by atoms with van der Waals surface area (Å²) in [5, 5.41) is 5.59. The Morgan fingerprint density at radius 3 is 2.36 bits per heavy atom. The average Bonchev–Trinajstić information content (AvgIpc) is 3.35.